The Hall–Kier alpha value is -2.41. The maximum Gasteiger partial charge on any atom is 0.249 e. The van der Waals surface area contributed by atoms with Crippen LogP contribution in [0.15, 0.2) is 34.9 Å². The van der Waals surface area contributed by atoms with Gasteiger partial charge in [-0.3, -0.25) is 14.2 Å². The minimum atomic E-state index is -0.422. The number of hydrogen-bond donors (Lipinski definition) is 1. The van der Waals surface area contributed by atoms with Gasteiger partial charge >= 0.3 is 0 Å². The van der Waals surface area contributed by atoms with Gasteiger partial charge in [0, 0.05) is 6.20 Å². The number of carbonyl (C=O) groups excluding carboxylic acids is 1. The third-order valence-electron chi connectivity index (χ3n) is 4.68. The van der Waals surface area contributed by atoms with Crippen molar-refractivity contribution >= 4 is 27.5 Å². The Morgan fingerprint density at radius 3 is 2.56 bits per heavy atom. The molecule has 6 nitrogen and oxygen atoms in total. The summed E-state index contributed by atoms with van der Waals surface area (Å²) in [7, 11) is 0. The van der Waals surface area contributed by atoms with Crippen LogP contribution in [-0.4, -0.2) is 25.5 Å². The molecule has 2 aromatic heterocycles. The summed E-state index contributed by atoms with van der Waals surface area (Å²) < 4.78 is 4.48. The van der Waals surface area contributed by atoms with Gasteiger partial charge in [-0.15, -0.1) is 0 Å². The number of benzene rings is 1. The maximum absolute atomic E-state index is 12.7. The van der Waals surface area contributed by atoms with Crippen molar-refractivity contribution in [2.24, 2.45) is 0 Å². The number of halogens is 1. The largest absolute Gasteiger partial charge is 0.321 e. The highest BCUT2D eigenvalue weighted by Gasteiger charge is 2.21. The molecule has 0 saturated carbocycles. The van der Waals surface area contributed by atoms with Crippen LogP contribution < -0.4 is 5.32 Å². The Balaban J connectivity index is 1.79. The first-order valence-corrected chi connectivity index (χ1v) is 9.67. The van der Waals surface area contributed by atoms with Crippen LogP contribution in [-0.2, 0) is 11.3 Å². The molecule has 0 aliphatic heterocycles. The van der Waals surface area contributed by atoms with Crippen LogP contribution in [0.25, 0.3) is 0 Å². The van der Waals surface area contributed by atoms with Crippen molar-refractivity contribution in [2.45, 2.75) is 47.2 Å². The average molecular weight is 430 g/mol. The molecule has 0 saturated heterocycles. The van der Waals surface area contributed by atoms with Gasteiger partial charge in [0.05, 0.1) is 33.8 Å². The van der Waals surface area contributed by atoms with Gasteiger partial charge in [-0.2, -0.15) is 10.2 Å². The Kier molecular flexibility index (Phi) is 5.51. The lowest BCUT2D eigenvalue weighted by atomic mass is 10.1. The minimum absolute atomic E-state index is 0.119. The third-order valence-corrected chi connectivity index (χ3v) is 5.46. The fourth-order valence-electron chi connectivity index (χ4n) is 3.02. The van der Waals surface area contributed by atoms with Gasteiger partial charge in [0.25, 0.3) is 0 Å². The Bertz CT molecular complexity index is 969. The fraction of sp³-hybridized carbons (Fsp3) is 0.350. The Morgan fingerprint density at radius 2 is 1.93 bits per heavy atom. The van der Waals surface area contributed by atoms with Crippen molar-refractivity contribution in [3.8, 4) is 0 Å². The quantitative estimate of drug-likeness (QED) is 0.656. The second-order valence-corrected chi connectivity index (χ2v) is 7.75. The summed E-state index contributed by atoms with van der Waals surface area (Å²) in [5.74, 6) is -0.119. The van der Waals surface area contributed by atoms with E-state index in [4.69, 9.17) is 0 Å². The smallest absolute Gasteiger partial charge is 0.249 e. The molecule has 1 amide bonds. The van der Waals surface area contributed by atoms with E-state index >= 15 is 0 Å². The number of carbonyl (C=O) groups is 1. The molecule has 3 aromatic rings. The maximum atomic E-state index is 12.7. The van der Waals surface area contributed by atoms with Gasteiger partial charge in [-0.1, -0.05) is 29.8 Å². The zero-order valence-electron chi connectivity index (χ0n) is 16.2. The summed E-state index contributed by atoms with van der Waals surface area (Å²) in [4.78, 5) is 12.7. The molecular formula is C20H24BrN5O. The van der Waals surface area contributed by atoms with Crippen molar-refractivity contribution in [3.05, 3.63) is 63.1 Å². The van der Waals surface area contributed by atoms with Crippen molar-refractivity contribution < 1.29 is 4.79 Å². The van der Waals surface area contributed by atoms with E-state index < -0.39 is 6.04 Å². The third kappa shape index (κ3) is 4.13. The van der Waals surface area contributed by atoms with Gasteiger partial charge in [0.1, 0.15) is 6.04 Å². The molecule has 0 spiro atoms. The molecular weight excluding hydrogens is 406 g/mol. The van der Waals surface area contributed by atoms with Crippen molar-refractivity contribution in [1.82, 2.24) is 19.6 Å². The summed E-state index contributed by atoms with van der Waals surface area (Å²) in [5, 5.41) is 12.0. The van der Waals surface area contributed by atoms with E-state index in [2.05, 4.69) is 56.6 Å². The van der Waals surface area contributed by atoms with Crippen LogP contribution in [0.2, 0.25) is 0 Å². The highest BCUT2D eigenvalue weighted by Crippen LogP contribution is 2.23. The van der Waals surface area contributed by atoms with Crippen LogP contribution in [0.4, 0.5) is 5.69 Å². The van der Waals surface area contributed by atoms with Crippen LogP contribution >= 0.6 is 15.9 Å². The second kappa shape index (κ2) is 7.68. The highest BCUT2D eigenvalue weighted by atomic mass is 79.9. The number of rotatable bonds is 5. The van der Waals surface area contributed by atoms with E-state index in [-0.39, 0.29) is 5.91 Å². The molecule has 27 heavy (non-hydrogen) atoms. The molecule has 0 fully saturated rings. The topological polar surface area (TPSA) is 64.7 Å². The van der Waals surface area contributed by atoms with E-state index in [0.29, 0.717) is 6.54 Å². The molecule has 142 valence electrons. The zero-order valence-corrected chi connectivity index (χ0v) is 17.8. The first-order valence-electron chi connectivity index (χ1n) is 8.88. The zero-order chi connectivity index (χ0) is 19.7. The van der Waals surface area contributed by atoms with Gasteiger partial charge in [-0.05, 0) is 56.1 Å². The second-order valence-electron chi connectivity index (χ2n) is 6.90. The minimum Gasteiger partial charge on any atom is -0.321 e. The van der Waals surface area contributed by atoms with E-state index in [1.165, 1.54) is 11.1 Å². The Labute approximate surface area is 167 Å². The summed E-state index contributed by atoms with van der Waals surface area (Å²) in [6.07, 6.45) is 1.82. The molecule has 0 bridgehead atoms. The van der Waals surface area contributed by atoms with E-state index in [1.807, 2.05) is 44.6 Å². The standard InChI is InChI=1S/C20H24BrN5O/c1-12-7-6-8-17(9-12)10-25-15(4)19(14(3)24-25)22-20(27)16(5)26-11-18(21)13(2)23-26/h6-9,11,16H,10H2,1-5H3,(H,22,27)/t16-/m1/s1. The van der Waals surface area contributed by atoms with Crippen LogP contribution in [0.1, 0.15) is 41.2 Å². The summed E-state index contributed by atoms with van der Waals surface area (Å²) >= 11 is 3.44. The van der Waals surface area contributed by atoms with Gasteiger partial charge in [-0.25, -0.2) is 0 Å². The number of amides is 1. The van der Waals surface area contributed by atoms with E-state index in [0.717, 1.165) is 27.2 Å². The normalized spacial score (nSPS) is 12.2. The van der Waals surface area contributed by atoms with E-state index in [9.17, 15) is 4.79 Å². The monoisotopic (exact) mass is 429 g/mol. The lowest BCUT2D eigenvalue weighted by molar-refractivity contribution is -0.119. The number of nitrogens with zero attached hydrogens (tertiary/aromatic N) is 4. The first kappa shape index (κ1) is 19.4. The molecule has 0 aliphatic carbocycles. The molecule has 1 N–H and O–H groups in total. The van der Waals surface area contributed by atoms with Gasteiger partial charge in [0.2, 0.25) is 5.91 Å². The average Bonchev–Trinajstić information content (AvgIpc) is 3.08. The summed E-state index contributed by atoms with van der Waals surface area (Å²) in [6, 6.07) is 7.93. The van der Waals surface area contributed by atoms with Crippen molar-refractivity contribution in [3.63, 3.8) is 0 Å². The van der Waals surface area contributed by atoms with Crippen molar-refractivity contribution in [1.29, 1.82) is 0 Å². The number of nitrogens with one attached hydrogen (secondary N) is 1. The molecule has 3 rings (SSSR count). The molecule has 0 unspecified atom stereocenters. The predicted molar refractivity (Wildman–Crippen MR) is 110 cm³/mol. The van der Waals surface area contributed by atoms with Crippen LogP contribution in [0.5, 0.6) is 0 Å². The number of aromatic nitrogens is 4. The van der Waals surface area contributed by atoms with Crippen molar-refractivity contribution in [2.75, 3.05) is 5.32 Å². The number of hydrogen-bond acceptors (Lipinski definition) is 3. The lowest BCUT2D eigenvalue weighted by Crippen LogP contribution is -2.24. The Morgan fingerprint density at radius 1 is 1.19 bits per heavy atom. The fourth-order valence-corrected chi connectivity index (χ4v) is 3.31. The lowest BCUT2D eigenvalue weighted by Gasteiger charge is -2.13. The van der Waals surface area contributed by atoms with E-state index in [1.54, 1.807) is 4.68 Å². The van der Waals surface area contributed by atoms with Gasteiger partial charge in [0.15, 0.2) is 0 Å². The van der Waals surface area contributed by atoms with Gasteiger partial charge < -0.3 is 5.32 Å². The van der Waals surface area contributed by atoms with Crippen LogP contribution in [0.3, 0.4) is 0 Å². The molecule has 1 aromatic carbocycles. The summed E-state index contributed by atoms with van der Waals surface area (Å²) in [6.45, 7) is 10.4. The molecule has 0 aliphatic rings. The SMILES string of the molecule is Cc1cccc(Cn2nc(C)c(NC(=O)[C@@H](C)n3cc(Br)c(C)n3)c2C)c1. The van der Waals surface area contributed by atoms with Crippen LogP contribution in [0, 0.1) is 27.7 Å². The highest BCUT2D eigenvalue weighted by molar-refractivity contribution is 9.10. The molecule has 2 heterocycles. The molecule has 1 atom stereocenters. The molecule has 7 heteroatoms. The summed E-state index contributed by atoms with van der Waals surface area (Å²) in [5.41, 5.74) is 5.77. The first-order chi connectivity index (χ1) is 12.8. The molecule has 0 radical (unpaired) electrons. The predicted octanol–water partition coefficient (Wildman–Crippen LogP) is 4.32. The number of aryl methyl sites for hydroxylation is 3. The number of anilines is 1.